The van der Waals surface area contributed by atoms with E-state index in [1.54, 1.807) is 13.1 Å². The molecule has 0 saturated heterocycles. The summed E-state index contributed by atoms with van der Waals surface area (Å²) in [6.07, 6.45) is -3.84. The monoisotopic (exact) mass is 261 g/mol. The van der Waals surface area contributed by atoms with Gasteiger partial charge in [0.25, 0.3) is 5.91 Å². The predicted octanol–water partition coefficient (Wildman–Crippen LogP) is 2.15. The molecule has 1 aromatic rings. The SMILES string of the molecule is CNc1ccc(C(=O)N(C)CCC(F)(F)F)nc1. The summed E-state index contributed by atoms with van der Waals surface area (Å²) in [5, 5.41) is 2.83. The second kappa shape index (κ2) is 5.70. The summed E-state index contributed by atoms with van der Waals surface area (Å²) in [4.78, 5) is 16.6. The number of alkyl halides is 3. The Morgan fingerprint density at radius 3 is 2.56 bits per heavy atom. The first-order valence-electron chi connectivity index (χ1n) is 5.29. The number of nitrogens with one attached hydrogen (secondary N) is 1. The molecule has 1 rings (SSSR count). The Hall–Kier alpha value is -1.79. The predicted molar refractivity (Wildman–Crippen MR) is 61.4 cm³/mol. The lowest BCUT2D eigenvalue weighted by molar-refractivity contribution is -0.136. The molecule has 1 aromatic heterocycles. The van der Waals surface area contributed by atoms with Crippen LogP contribution in [0, 0.1) is 0 Å². The van der Waals surface area contributed by atoms with Crippen LogP contribution in [0.2, 0.25) is 0 Å². The number of rotatable bonds is 4. The molecule has 0 unspecified atom stereocenters. The highest BCUT2D eigenvalue weighted by Crippen LogP contribution is 2.19. The van der Waals surface area contributed by atoms with Gasteiger partial charge >= 0.3 is 6.18 Å². The van der Waals surface area contributed by atoms with Gasteiger partial charge in [0, 0.05) is 20.6 Å². The van der Waals surface area contributed by atoms with Crippen molar-refractivity contribution in [1.29, 1.82) is 0 Å². The fourth-order valence-corrected chi connectivity index (χ4v) is 1.26. The number of hydrogen-bond acceptors (Lipinski definition) is 3. The maximum Gasteiger partial charge on any atom is 0.390 e. The van der Waals surface area contributed by atoms with E-state index in [1.165, 1.54) is 19.3 Å². The van der Waals surface area contributed by atoms with Crippen LogP contribution in [0.25, 0.3) is 0 Å². The molecule has 0 aromatic carbocycles. The van der Waals surface area contributed by atoms with Crippen molar-refractivity contribution in [1.82, 2.24) is 9.88 Å². The van der Waals surface area contributed by atoms with Gasteiger partial charge < -0.3 is 10.2 Å². The van der Waals surface area contributed by atoms with E-state index in [4.69, 9.17) is 0 Å². The van der Waals surface area contributed by atoms with E-state index in [9.17, 15) is 18.0 Å². The summed E-state index contributed by atoms with van der Waals surface area (Å²) in [5.74, 6) is -0.526. The van der Waals surface area contributed by atoms with E-state index >= 15 is 0 Å². The maximum atomic E-state index is 12.0. The Kier molecular flexibility index (Phi) is 4.52. The fraction of sp³-hybridized carbons (Fsp3) is 0.455. The van der Waals surface area contributed by atoms with E-state index in [1.807, 2.05) is 0 Å². The van der Waals surface area contributed by atoms with E-state index in [-0.39, 0.29) is 12.2 Å². The third-order valence-corrected chi connectivity index (χ3v) is 2.35. The number of carbonyl (C=O) groups excluding carboxylic acids is 1. The van der Waals surface area contributed by atoms with Gasteiger partial charge in [-0.1, -0.05) is 0 Å². The minimum absolute atomic E-state index is 0.124. The third-order valence-electron chi connectivity index (χ3n) is 2.35. The molecule has 4 nitrogen and oxygen atoms in total. The molecule has 0 atom stereocenters. The first-order valence-corrected chi connectivity index (χ1v) is 5.29. The topological polar surface area (TPSA) is 45.2 Å². The summed E-state index contributed by atoms with van der Waals surface area (Å²) in [6, 6.07) is 3.11. The molecule has 1 heterocycles. The van der Waals surface area contributed by atoms with Gasteiger partial charge in [0.2, 0.25) is 0 Å². The van der Waals surface area contributed by atoms with Crippen molar-refractivity contribution in [2.75, 3.05) is 26.0 Å². The minimum Gasteiger partial charge on any atom is -0.387 e. The van der Waals surface area contributed by atoms with Crippen LogP contribution in [-0.2, 0) is 0 Å². The van der Waals surface area contributed by atoms with Crippen LogP contribution in [0.5, 0.6) is 0 Å². The molecule has 7 heteroatoms. The van der Waals surface area contributed by atoms with Crippen LogP contribution in [0.4, 0.5) is 18.9 Å². The van der Waals surface area contributed by atoms with Crippen LogP contribution in [-0.4, -0.2) is 42.6 Å². The molecule has 1 amide bonds. The quantitative estimate of drug-likeness (QED) is 0.903. The van der Waals surface area contributed by atoms with Crippen molar-refractivity contribution in [3.8, 4) is 0 Å². The summed E-state index contributed by atoms with van der Waals surface area (Å²) < 4.78 is 36.1. The highest BCUT2D eigenvalue weighted by molar-refractivity contribution is 5.92. The lowest BCUT2D eigenvalue weighted by Crippen LogP contribution is -2.31. The number of hydrogen-bond donors (Lipinski definition) is 1. The number of aromatic nitrogens is 1. The van der Waals surface area contributed by atoms with Crippen LogP contribution in [0.15, 0.2) is 18.3 Å². The van der Waals surface area contributed by atoms with Gasteiger partial charge in [0.1, 0.15) is 5.69 Å². The second-order valence-corrected chi connectivity index (χ2v) is 3.77. The zero-order chi connectivity index (χ0) is 13.8. The van der Waals surface area contributed by atoms with E-state index in [2.05, 4.69) is 10.3 Å². The highest BCUT2D eigenvalue weighted by atomic mass is 19.4. The Bertz CT molecular complexity index is 403. The number of anilines is 1. The molecule has 0 aliphatic carbocycles. The largest absolute Gasteiger partial charge is 0.390 e. The van der Waals surface area contributed by atoms with E-state index in [0.29, 0.717) is 0 Å². The average molecular weight is 261 g/mol. The zero-order valence-electron chi connectivity index (χ0n) is 10.1. The first kappa shape index (κ1) is 14.3. The summed E-state index contributed by atoms with van der Waals surface area (Å²) >= 11 is 0. The lowest BCUT2D eigenvalue weighted by Gasteiger charge is -2.17. The van der Waals surface area contributed by atoms with Gasteiger partial charge in [-0.3, -0.25) is 4.79 Å². The number of nitrogens with zero attached hydrogens (tertiary/aromatic N) is 2. The maximum absolute atomic E-state index is 12.0. The van der Waals surface area contributed by atoms with Gasteiger partial charge in [0.15, 0.2) is 0 Å². The van der Waals surface area contributed by atoms with Crippen LogP contribution in [0.1, 0.15) is 16.9 Å². The molecule has 0 saturated carbocycles. The van der Waals surface area contributed by atoms with Crippen LogP contribution < -0.4 is 5.32 Å². The Morgan fingerprint density at radius 2 is 2.11 bits per heavy atom. The molecular formula is C11H14F3N3O. The molecule has 0 aliphatic heterocycles. The van der Waals surface area contributed by atoms with Crippen molar-refractivity contribution >= 4 is 11.6 Å². The van der Waals surface area contributed by atoms with Crippen LogP contribution >= 0.6 is 0 Å². The molecule has 100 valence electrons. The van der Waals surface area contributed by atoms with Gasteiger partial charge in [0.05, 0.1) is 18.3 Å². The average Bonchev–Trinajstić information content (AvgIpc) is 2.34. The van der Waals surface area contributed by atoms with Crippen molar-refractivity contribution in [3.05, 3.63) is 24.0 Å². The van der Waals surface area contributed by atoms with Gasteiger partial charge in [-0.25, -0.2) is 4.98 Å². The molecular weight excluding hydrogens is 247 g/mol. The smallest absolute Gasteiger partial charge is 0.387 e. The summed E-state index contributed by atoms with van der Waals surface area (Å²) in [5.41, 5.74) is 0.850. The summed E-state index contributed by atoms with van der Waals surface area (Å²) in [7, 11) is 3.02. The lowest BCUT2D eigenvalue weighted by atomic mass is 10.3. The Labute approximate surface area is 103 Å². The molecule has 1 N–H and O–H groups in total. The third kappa shape index (κ3) is 4.23. The van der Waals surface area contributed by atoms with Crippen LogP contribution in [0.3, 0.4) is 0 Å². The van der Waals surface area contributed by atoms with Gasteiger partial charge in [-0.05, 0) is 12.1 Å². The number of pyridine rings is 1. The number of halogens is 3. The van der Waals surface area contributed by atoms with E-state index < -0.39 is 18.5 Å². The zero-order valence-corrected chi connectivity index (χ0v) is 10.1. The minimum atomic E-state index is -4.27. The summed E-state index contributed by atoms with van der Waals surface area (Å²) in [6.45, 7) is -0.377. The second-order valence-electron chi connectivity index (χ2n) is 3.77. The highest BCUT2D eigenvalue weighted by Gasteiger charge is 2.28. The fourth-order valence-electron chi connectivity index (χ4n) is 1.26. The standard InChI is InChI=1S/C11H14F3N3O/c1-15-8-3-4-9(16-7-8)10(18)17(2)6-5-11(12,13)14/h3-4,7,15H,5-6H2,1-2H3. The van der Waals surface area contributed by atoms with Gasteiger partial charge in [-0.15, -0.1) is 0 Å². The van der Waals surface area contributed by atoms with Gasteiger partial charge in [-0.2, -0.15) is 13.2 Å². The molecule has 0 bridgehead atoms. The van der Waals surface area contributed by atoms with E-state index in [0.717, 1.165) is 10.6 Å². The molecule has 18 heavy (non-hydrogen) atoms. The first-order chi connectivity index (χ1) is 8.33. The normalized spacial score (nSPS) is 11.2. The Morgan fingerprint density at radius 1 is 1.44 bits per heavy atom. The number of amides is 1. The number of carbonyl (C=O) groups is 1. The molecule has 0 spiro atoms. The Balaban J connectivity index is 2.62. The van der Waals surface area contributed by atoms with Crippen molar-refractivity contribution in [3.63, 3.8) is 0 Å². The van der Waals surface area contributed by atoms with Crippen molar-refractivity contribution in [2.45, 2.75) is 12.6 Å². The van der Waals surface area contributed by atoms with Crippen molar-refractivity contribution < 1.29 is 18.0 Å². The van der Waals surface area contributed by atoms with Crippen molar-refractivity contribution in [2.24, 2.45) is 0 Å². The molecule has 0 aliphatic rings. The molecule has 0 fully saturated rings. The molecule has 0 radical (unpaired) electrons.